The number of piperazine rings is 1. The molecule has 128 valence electrons. The first-order valence-electron chi connectivity index (χ1n) is 9.02. The fraction of sp³-hybridized carbons (Fsp3) is 0.875. The summed E-state index contributed by atoms with van der Waals surface area (Å²) in [7, 11) is 0. The van der Waals surface area contributed by atoms with Gasteiger partial charge in [-0.2, -0.15) is 5.10 Å². The average Bonchev–Trinajstić information content (AvgIpc) is 3.15. The van der Waals surface area contributed by atoms with Gasteiger partial charge in [-0.1, -0.05) is 12.8 Å². The number of nitrogens with zero attached hydrogens (tertiary/aromatic N) is 5. The molecule has 2 heterocycles. The van der Waals surface area contributed by atoms with Gasteiger partial charge in [0.05, 0.1) is 6.67 Å². The van der Waals surface area contributed by atoms with Gasteiger partial charge in [0.2, 0.25) is 0 Å². The number of aromatic nitrogens is 3. The standard InChI is InChI=1S/C16H27N5OS/c22-11-15-17-20(16(23)21(15)14-5-6-14)12-18-7-9-19(10-8-18)13-3-1-2-4-13/h13-14,22H,1-12H2. The highest BCUT2D eigenvalue weighted by molar-refractivity contribution is 7.71. The zero-order chi connectivity index (χ0) is 15.8. The Morgan fingerprint density at radius 1 is 1.00 bits per heavy atom. The normalized spacial score (nSPS) is 24.6. The van der Waals surface area contributed by atoms with Crippen LogP contribution in [-0.2, 0) is 13.3 Å². The van der Waals surface area contributed by atoms with E-state index in [4.69, 9.17) is 12.2 Å². The topological polar surface area (TPSA) is 49.5 Å². The van der Waals surface area contributed by atoms with Gasteiger partial charge in [0, 0.05) is 38.3 Å². The Bertz CT molecular complexity index is 594. The van der Waals surface area contributed by atoms with Crippen LogP contribution >= 0.6 is 12.2 Å². The summed E-state index contributed by atoms with van der Waals surface area (Å²) in [4.78, 5) is 5.11. The third kappa shape index (κ3) is 3.24. The second-order valence-corrected chi connectivity index (χ2v) is 7.56. The van der Waals surface area contributed by atoms with Gasteiger partial charge in [-0.25, -0.2) is 4.68 Å². The summed E-state index contributed by atoms with van der Waals surface area (Å²) >= 11 is 5.59. The number of hydrogen-bond donors (Lipinski definition) is 1. The van der Waals surface area contributed by atoms with Crippen molar-refractivity contribution in [1.29, 1.82) is 0 Å². The predicted molar refractivity (Wildman–Crippen MR) is 90.6 cm³/mol. The molecule has 23 heavy (non-hydrogen) atoms. The van der Waals surface area contributed by atoms with Crippen molar-refractivity contribution in [2.24, 2.45) is 0 Å². The van der Waals surface area contributed by atoms with Crippen LogP contribution in [0.5, 0.6) is 0 Å². The van der Waals surface area contributed by atoms with Gasteiger partial charge in [0.15, 0.2) is 10.6 Å². The van der Waals surface area contributed by atoms with Gasteiger partial charge >= 0.3 is 0 Å². The summed E-state index contributed by atoms with van der Waals surface area (Å²) in [6.07, 6.45) is 7.90. The van der Waals surface area contributed by atoms with E-state index in [9.17, 15) is 5.11 Å². The van der Waals surface area contributed by atoms with Gasteiger partial charge in [-0.15, -0.1) is 0 Å². The average molecular weight is 337 g/mol. The van der Waals surface area contributed by atoms with Crippen molar-refractivity contribution in [2.75, 3.05) is 26.2 Å². The van der Waals surface area contributed by atoms with Gasteiger partial charge in [0.1, 0.15) is 6.61 Å². The second-order valence-electron chi connectivity index (χ2n) is 7.19. The molecular formula is C16H27N5OS. The van der Waals surface area contributed by atoms with Gasteiger partial charge < -0.3 is 5.11 Å². The molecule has 1 aliphatic heterocycles. The smallest absolute Gasteiger partial charge is 0.199 e. The maximum Gasteiger partial charge on any atom is 0.199 e. The van der Waals surface area contributed by atoms with Crippen LogP contribution in [0.25, 0.3) is 0 Å². The molecular weight excluding hydrogens is 310 g/mol. The molecule has 2 aliphatic carbocycles. The van der Waals surface area contributed by atoms with Crippen molar-refractivity contribution in [2.45, 2.75) is 63.9 Å². The van der Waals surface area contributed by atoms with Crippen molar-refractivity contribution in [1.82, 2.24) is 24.1 Å². The molecule has 0 bridgehead atoms. The monoisotopic (exact) mass is 337 g/mol. The van der Waals surface area contributed by atoms with Crippen LogP contribution < -0.4 is 0 Å². The number of aliphatic hydroxyl groups is 1. The molecule has 0 radical (unpaired) electrons. The molecule has 1 saturated heterocycles. The molecule has 6 nitrogen and oxygen atoms in total. The molecule has 0 aromatic carbocycles. The second kappa shape index (κ2) is 6.63. The quantitative estimate of drug-likeness (QED) is 0.830. The lowest BCUT2D eigenvalue weighted by atomic mass is 10.2. The minimum Gasteiger partial charge on any atom is -0.388 e. The first-order chi connectivity index (χ1) is 11.3. The summed E-state index contributed by atoms with van der Waals surface area (Å²) in [5.41, 5.74) is 0. The fourth-order valence-corrected chi connectivity index (χ4v) is 4.45. The molecule has 1 N–H and O–H groups in total. The van der Waals surface area contributed by atoms with Crippen molar-refractivity contribution < 1.29 is 5.11 Å². The lowest BCUT2D eigenvalue weighted by molar-refractivity contribution is 0.0754. The van der Waals surface area contributed by atoms with E-state index >= 15 is 0 Å². The van der Waals surface area contributed by atoms with Crippen LogP contribution in [0, 0.1) is 4.77 Å². The third-order valence-corrected chi connectivity index (χ3v) is 5.98. The number of rotatable bonds is 5. The van der Waals surface area contributed by atoms with Crippen molar-refractivity contribution in [3.8, 4) is 0 Å². The summed E-state index contributed by atoms with van der Waals surface area (Å²) in [6, 6.07) is 1.30. The summed E-state index contributed by atoms with van der Waals surface area (Å²) in [6.45, 7) is 5.22. The SMILES string of the molecule is OCc1nn(CN2CCN(C3CCCC3)CC2)c(=S)n1C1CC1. The Labute approximate surface area is 142 Å². The van der Waals surface area contributed by atoms with Crippen LogP contribution in [0.1, 0.15) is 50.4 Å². The Hall–Kier alpha value is -0.760. The van der Waals surface area contributed by atoms with Gasteiger partial charge in [0.25, 0.3) is 0 Å². The zero-order valence-electron chi connectivity index (χ0n) is 13.7. The minimum atomic E-state index is -0.0252. The Morgan fingerprint density at radius 3 is 2.30 bits per heavy atom. The van der Waals surface area contributed by atoms with E-state index in [1.807, 2.05) is 4.68 Å². The molecule has 2 saturated carbocycles. The maximum absolute atomic E-state index is 9.53. The van der Waals surface area contributed by atoms with Crippen LogP contribution in [-0.4, -0.2) is 61.5 Å². The summed E-state index contributed by atoms with van der Waals surface area (Å²) < 4.78 is 4.74. The largest absolute Gasteiger partial charge is 0.388 e. The van der Waals surface area contributed by atoms with Crippen molar-refractivity contribution >= 4 is 12.2 Å². The zero-order valence-corrected chi connectivity index (χ0v) is 14.5. The molecule has 1 aromatic rings. The molecule has 3 fully saturated rings. The van der Waals surface area contributed by atoms with E-state index in [1.165, 1.54) is 25.7 Å². The van der Waals surface area contributed by atoms with E-state index in [0.717, 1.165) is 62.3 Å². The minimum absolute atomic E-state index is 0.0252. The molecule has 3 aliphatic rings. The van der Waals surface area contributed by atoms with Crippen LogP contribution in [0.3, 0.4) is 0 Å². The summed E-state index contributed by atoms with van der Waals surface area (Å²) in [5.74, 6) is 0.724. The number of aliphatic hydroxyl groups excluding tert-OH is 1. The number of hydrogen-bond acceptors (Lipinski definition) is 5. The van der Waals surface area contributed by atoms with Crippen LogP contribution in [0.15, 0.2) is 0 Å². The lowest BCUT2D eigenvalue weighted by Crippen LogP contribution is -2.49. The van der Waals surface area contributed by atoms with Crippen molar-refractivity contribution in [3.63, 3.8) is 0 Å². The Morgan fingerprint density at radius 2 is 1.70 bits per heavy atom. The first kappa shape index (κ1) is 15.7. The molecule has 0 amide bonds. The van der Waals surface area contributed by atoms with Crippen LogP contribution in [0.4, 0.5) is 0 Å². The maximum atomic E-state index is 9.53. The van der Waals surface area contributed by atoms with Crippen LogP contribution in [0.2, 0.25) is 0 Å². The third-order valence-electron chi connectivity index (χ3n) is 5.58. The van der Waals surface area contributed by atoms with E-state index in [2.05, 4.69) is 19.5 Å². The molecule has 0 spiro atoms. The Kier molecular flexibility index (Phi) is 4.54. The molecule has 0 atom stereocenters. The predicted octanol–water partition coefficient (Wildman–Crippen LogP) is 1.76. The van der Waals surface area contributed by atoms with Gasteiger partial charge in [-0.3, -0.25) is 14.4 Å². The summed E-state index contributed by atoms with van der Waals surface area (Å²) in [5, 5.41) is 14.1. The fourth-order valence-electron chi connectivity index (χ4n) is 4.09. The Balaban J connectivity index is 1.38. The van der Waals surface area contributed by atoms with E-state index < -0.39 is 0 Å². The highest BCUT2D eigenvalue weighted by Crippen LogP contribution is 2.36. The molecule has 0 unspecified atom stereocenters. The molecule has 1 aromatic heterocycles. The first-order valence-corrected chi connectivity index (χ1v) is 9.42. The molecule has 7 heteroatoms. The van der Waals surface area contributed by atoms with E-state index in [0.29, 0.717) is 6.04 Å². The van der Waals surface area contributed by atoms with Crippen molar-refractivity contribution in [3.05, 3.63) is 10.6 Å². The molecule has 4 rings (SSSR count). The van der Waals surface area contributed by atoms with E-state index in [-0.39, 0.29) is 6.61 Å². The lowest BCUT2D eigenvalue weighted by Gasteiger charge is -2.37. The highest BCUT2D eigenvalue weighted by Gasteiger charge is 2.29. The highest BCUT2D eigenvalue weighted by atomic mass is 32.1. The van der Waals surface area contributed by atoms with E-state index in [1.54, 1.807) is 0 Å². The van der Waals surface area contributed by atoms with Gasteiger partial charge in [-0.05, 0) is 37.9 Å².